The second-order valence-corrected chi connectivity index (χ2v) is 6.64. The number of aliphatic imine (C=N–C) groups is 1. The monoisotopic (exact) mass is 514 g/mol. The third kappa shape index (κ3) is 6.32. The Bertz CT molecular complexity index is 901. The summed E-state index contributed by atoms with van der Waals surface area (Å²) in [4.78, 5) is 8.88. The van der Waals surface area contributed by atoms with Gasteiger partial charge in [0, 0.05) is 19.5 Å². The topological polar surface area (TPSA) is 124 Å². The molecule has 1 atom stereocenters. The summed E-state index contributed by atoms with van der Waals surface area (Å²) in [5, 5.41) is 24.1. The van der Waals surface area contributed by atoms with Crippen LogP contribution in [0.3, 0.4) is 0 Å². The number of halogens is 1. The van der Waals surface area contributed by atoms with E-state index in [0.717, 1.165) is 11.6 Å². The number of aliphatic hydroxyl groups is 1. The lowest BCUT2D eigenvalue weighted by Crippen LogP contribution is -2.39. The van der Waals surface area contributed by atoms with E-state index in [-0.39, 0.29) is 30.5 Å². The van der Waals surface area contributed by atoms with Crippen LogP contribution in [0.1, 0.15) is 31.2 Å². The van der Waals surface area contributed by atoms with E-state index in [0.29, 0.717) is 42.8 Å². The van der Waals surface area contributed by atoms with E-state index in [2.05, 4.69) is 30.8 Å². The second kappa shape index (κ2) is 10.4. The lowest BCUT2D eigenvalue weighted by atomic mass is 10.0. The number of hydrogen-bond donors (Lipinski definition) is 4. The van der Waals surface area contributed by atoms with E-state index in [4.69, 9.17) is 8.83 Å². The van der Waals surface area contributed by atoms with Crippen LogP contribution in [0.5, 0.6) is 0 Å². The summed E-state index contributed by atoms with van der Waals surface area (Å²) in [6.07, 6.45) is 2.22. The predicted octanol–water partition coefficient (Wildman–Crippen LogP) is 2.59. The van der Waals surface area contributed by atoms with Crippen molar-refractivity contribution >= 4 is 29.9 Å². The molecular weight excluding hydrogens is 487 g/mol. The molecule has 1 unspecified atom stereocenters. The Morgan fingerprint density at radius 3 is 2.79 bits per heavy atom. The molecular formula is C19H27IN6O3. The summed E-state index contributed by atoms with van der Waals surface area (Å²) < 4.78 is 10.8. The van der Waals surface area contributed by atoms with Gasteiger partial charge in [0.05, 0.1) is 12.8 Å². The van der Waals surface area contributed by atoms with Crippen LogP contribution in [0.2, 0.25) is 0 Å². The number of guanidine groups is 1. The summed E-state index contributed by atoms with van der Waals surface area (Å²) in [5.41, 5.74) is -1.18. The maximum absolute atomic E-state index is 10.6. The van der Waals surface area contributed by atoms with Gasteiger partial charge >= 0.3 is 0 Å². The first kappa shape index (κ1) is 22.9. The standard InChI is InChI=1S/C19H26N6O3.HI/c1-4-20-18(22-12-19(3,26)15-8-7-13(2)28-15)21-10-9-16-23-17(25-24-16)14-6-5-11-27-14;/h5-8,11,26H,4,9-10,12H2,1-3H3,(H2,20,21,22)(H,23,24,25);1H. The van der Waals surface area contributed by atoms with Gasteiger partial charge in [0.15, 0.2) is 11.7 Å². The minimum absolute atomic E-state index is 0. The summed E-state index contributed by atoms with van der Waals surface area (Å²) in [6.45, 7) is 6.98. The maximum atomic E-state index is 10.6. The van der Waals surface area contributed by atoms with Crippen molar-refractivity contribution in [2.24, 2.45) is 4.99 Å². The van der Waals surface area contributed by atoms with E-state index in [1.807, 2.05) is 26.0 Å². The van der Waals surface area contributed by atoms with Crippen LogP contribution >= 0.6 is 24.0 Å². The summed E-state index contributed by atoms with van der Waals surface area (Å²) in [7, 11) is 0. The maximum Gasteiger partial charge on any atom is 0.216 e. The summed E-state index contributed by atoms with van der Waals surface area (Å²) in [6, 6.07) is 7.20. The zero-order valence-electron chi connectivity index (χ0n) is 16.7. The minimum Gasteiger partial charge on any atom is -0.463 e. The first-order chi connectivity index (χ1) is 13.5. The number of aryl methyl sites for hydroxylation is 1. The second-order valence-electron chi connectivity index (χ2n) is 6.64. The van der Waals surface area contributed by atoms with Crippen LogP contribution in [-0.2, 0) is 12.0 Å². The first-order valence-electron chi connectivity index (χ1n) is 9.24. The molecule has 3 heterocycles. The number of hydrogen-bond acceptors (Lipinski definition) is 6. The molecule has 3 aromatic rings. The largest absolute Gasteiger partial charge is 0.463 e. The highest BCUT2D eigenvalue weighted by atomic mass is 127. The number of furan rings is 2. The molecule has 3 aromatic heterocycles. The Morgan fingerprint density at radius 2 is 2.14 bits per heavy atom. The number of aromatic amines is 1. The van der Waals surface area contributed by atoms with Crippen molar-refractivity contribution in [3.8, 4) is 11.6 Å². The van der Waals surface area contributed by atoms with Gasteiger partial charge in [0.2, 0.25) is 5.82 Å². The average molecular weight is 514 g/mol. The van der Waals surface area contributed by atoms with Crippen molar-refractivity contribution in [2.45, 2.75) is 32.8 Å². The Kier molecular flexibility index (Phi) is 8.26. The fourth-order valence-electron chi connectivity index (χ4n) is 2.60. The zero-order chi connectivity index (χ0) is 20.0. The molecule has 0 radical (unpaired) electrons. The fraction of sp³-hybridized carbons (Fsp3) is 0.421. The molecule has 0 aromatic carbocycles. The third-order valence-electron chi connectivity index (χ3n) is 4.09. The molecule has 0 saturated heterocycles. The SMILES string of the molecule is CCNC(=NCC(C)(O)c1ccc(C)o1)NCCc1nc(-c2ccco2)n[nH]1.I. The van der Waals surface area contributed by atoms with Gasteiger partial charge in [-0.15, -0.1) is 24.0 Å². The van der Waals surface area contributed by atoms with Crippen LogP contribution in [0.25, 0.3) is 11.6 Å². The quantitative estimate of drug-likeness (QED) is 0.207. The van der Waals surface area contributed by atoms with Crippen molar-refractivity contribution in [3.63, 3.8) is 0 Å². The van der Waals surface area contributed by atoms with Crippen LogP contribution < -0.4 is 10.6 Å². The lowest BCUT2D eigenvalue weighted by molar-refractivity contribution is 0.0428. The van der Waals surface area contributed by atoms with Crippen molar-refractivity contribution in [3.05, 3.63) is 47.9 Å². The molecule has 0 amide bonds. The Morgan fingerprint density at radius 1 is 1.31 bits per heavy atom. The van der Waals surface area contributed by atoms with E-state index in [1.54, 1.807) is 25.3 Å². The van der Waals surface area contributed by atoms with Gasteiger partial charge < -0.3 is 24.6 Å². The molecule has 9 nitrogen and oxygen atoms in total. The summed E-state index contributed by atoms with van der Waals surface area (Å²) in [5.74, 6) is 3.76. The lowest BCUT2D eigenvalue weighted by Gasteiger charge is -2.19. The van der Waals surface area contributed by atoms with Gasteiger partial charge in [-0.1, -0.05) is 0 Å². The van der Waals surface area contributed by atoms with Crippen molar-refractivity contribution in [2.75, 3.05) is 19.6 Å². The number of H-pyrrole nitrogens is 1. The smallest absolute Gasteiger partial charge is 0.216 e. The van der Waals surface area contributed by atoms with E-state index < -0.39 is 5.60 Å². The van der Waals surface area contributed by atoms with E-state index >= 15 is 0 Å². The normalized spacial score (nSPS) is 13.6. The van der Waals surface area contributed by atoms with Gasteiger partial charge in [-0.3, -0.25) is 5.10 Å². The first-order valence-corrected chi connectivity index (χ1v) is 9.24. The van der Waals surface area contributed by atoms with Gasteiger partial charge in [0.25, 0.3) is 0 Å². The highest BCUT2D eigenvalue weighted by Crippen LogP contribution is 2.23. The molecule has 0 spiro atoms. The number of aromatic nitrogens is 3. The Hall–Kier alpha value is -2.34. The molecule has 0 bridgehead atoms. The van der Waals surface area contributed by atoms with E-state index in [1.165, 1.54) is 0 Å². The van der Waals surface area contributed by atoms with Crippen LogP contribution in [0.4, 0.5) is 0 Å². The van der Waals surface area contributed by atoms with Gasteiger partial charge in [0.1, 0.15) is 22.9 Å². The highest BCUT2D eigenvalue weighted by molar-refractivity contribution is 14.0. The Balaban J connectivity index is 0.00000300. The molecule has 3 rings (SSSR count). The fourth-order valence-corrected chi connectivity index (χ4v) is 2.60. The molecule has 0 aliphatic heterocycles. The van der Waals surface area contributed by atoms with Crippen LogP contribution in [-0.4, -0.2) is 45.9 Å². The summed E-state index contributed by atoms with van der Waals surface area (Å²) >= 11 is 0. The molecule has 0 fully saturated rings. The van der Waals surface area contributed by atoms with Gasteiger partial charge in [-0.25, -0.2) is 9.98 Å². The predicted molar refractivity (Wildman–Crippen MR) is 120 cm³/mol. The number of rotatable bonds is 8. The third-order valence-corrected chi connectivity index (χ3v) is 4.09. The van der Waals surface area contributed by atoms with Gasteiger partial charge in [-0.05, 0) is 45.0 Å². The van der Waals surface area contributed by atoms with E-state index in [9.17, 15) is 5.11 Å². The average Bonchev–Trinajstić information content (AvgIpc) is 3.41. The van der Waals surface area contributed by atoms with Crippen molar-refractivity contribution in [1.82, 2.24) is 25.8 Å². The molecule has 29 heavy (non-hydrogen) atoms. The van der Waals surface area contributed by atoms with Gasteiger partial charge in [-0.2, -0.15) is 5.10 Å². The number of nitrogens with zero attached hydrogens (tertiary/aromatic N) is 3. The van der Waals surface area contributed by atoms with Crippen LogP contribution in [0, 0.1) is 6.92 Å². The van der Waals surface area contributed by atoms with Crippen molar-refractivity contribution in [1.29, 1.82) is 0 Å². The van der Waals surface area contributed by atoms with Crippen LogP contribution in [0.15, 0.2) is 44.4 Å². The molecule has 0 saturated carbocycles. The minimum atomic E-state index is -1.18. The molecule has 0 aliphatic rings. The zero-order valence-corrected chi connectivity index (χ0v) is 19.1. The molecule has 10 heteroatoms. The highest BCUT2D eigenvalue weighted by Gasteiger charge is 2.26. The molecule has 0 aliphatic carbocycles. The van der Waals surface area contributed by atoms with Crippen molar-refractivity contribution < 1.29 is 13.9 Å². The number of nitrogens with one attached hydrogen (secondary N) is 3. The molecule has 158 valence electrons. The Labute approximate surface area is 186 Å². The molecule has 4 N–H and O–H groups in total.